The molecule has 106 valence electrons. The van der Waals surface area contributed by atoms with E-state index in [0.717, 1.165) is 36.9 Å². The van der Waals surface area contributed by atoms with Crippen LogP contribution in [-0.2, 0) is 9.84 Å². The zero-order valence-corrected chi connectivity index (χ0v) is 12.3. The van der Waals surface area contributed by atoms with Crippen molar-refractivity contribution in [1.29, 1.82) is 0 Å². The minimum Gasteiger partial charge on any atom is -0.382 e. The van der Waals surface area contributed by atoms with Gasteiger partial charge in [-0.2, -0.15) is 0 Å². The molecule has 0 spiro atoms. The van der Waals surface area contributed by atoms with Crippen LogP contribution in [0.4, 0.5) is 5.69 Å². The van der Waals surface area contributed by atoms with E-state index in [9.17, 15) is 8.42 Å². The van der Waals surface area contributed by atoms with Gasteiger partial charge in [-0.1, -0.05) is 6.07 Å². The SMILES string of the molecule is Cc1ccc(S(C)(=O)=O)cc1NC1CCCC(N)C1. The summed E-state index contributed by atoms with van der Waals surface area (Å²) in [7, 11) is -3.16. The molecule has 5 heteroatoms. The molecule has 2 rings (SSSR count). The van der Waals surface area contributed by atoms with Gasteiger partial charge in [0, 0.05) is 24.0 Å². The van der Waals surface area contributed by atoms with Gasteiger partial charge in [-0.3, -0.25) is 0 Å². The number of nitrogens with two attached hydrogens (primary N) is 1. The van der Waals surface area contributed by atoms with E-state index >= 15 is 0 Å². The van der Waals surface area contributed by atoms with E-state index in [0.29, 0.717) is 10.9 Å². The fourth-order valence-electron chi connectivity index (χ4n) is 2.57. The van der Waals surface area contributed by atoms with Crippen molar-refractivity contribution in [3.05, 3.63) is 23.8 Å². The van der Waals surface area contributed by atoms with Crippen LogP contribution in [0, 0.1) is 6.92 Å². The highest BCUT2D eigenvalue weighted by Gasteiger charge is 2.20. The van der Waals surface area contributed by atoms with Crippen molar-refractivity contribution in [3.8, 4) is 0 Å². The smallest absolute Gasteiger partial charge is 0.175 e. The molecular formula is C14H22N2O2S. The monoisotopic (exact) mass is 282 g/mol. The summed E-state index contributed by atoms with van der Waals surface area (Å²) in [5.41, 5.74) is 7.95. The van der Waals surface area contributed by atoms with E-state index in [1.807, 2.05) is 13.0 Å². The Morgan fingerprint density at radius 1 is 1.32 bits per heavy atom. The molecule has 0 aliphatic heterocycles. The average molecular weight is 282 g/mol. The molecule has 2 atom stereocenters. The first-order chi connectivity index (χ1) is 8.86. The van der Waals surface area contributed by atoms with Crippen molar-refractivity contribution >= 4 is 15.5 Å². The number of rotatable bonds is 3. The number of hydrogen-bond acceptors (Lipinski definition) is 4. The predicted molar refractivity (Wildman–Crippen MR) is 78.1 cm³/mol. The van der Waals surface area contributed by atoms with Gasteiger partial charge in [-0.25, -0.2) is 8.42 Å². The summed E-state index contributed by atoms with van der Waals surface area (Å²) in [6.07, 6.45) is 5.49. The Morgan fingerprint density at radius 3 is 2.68 bits per heavy atom. The van der Waals surface area contributed by atoms with Crippen LogP contribution in [0.25, 0.3) is 0 Å². The number of aryl methyl sites for hydroxylation is 1. The van der Waals surface area contributed by atoms with E-state index in [2.05, 4.69) is 5.32 Å². The molecule has 2 unspecified atom stereocenters. The molecule has 0 bridgehead atoms. The van der Waals surface area contributed by atoms with Crippen molar-refractivity contribution < 1.29 is 8.42 Å². The normalized spacial score (nSPS) is 24.2. The van der Waals surface area contributed by atoms with Crippen LogP contribution in [0.5, 0.6) is 0 Å². The van der Waals surface area contributed by atoms with Crippen molar-refractivity contribution in [2.24, 2.45) is 5.73 Å². The van der Waals surface area contributed by atoms with E-state index < -0.39 is 9.84 Å². The molecule has 19 heavy (non-hydrogen) atoms. The van der Waals surface area contributed by atoms with Crippen molar-refractivity contribution in [3.63, 3.8) is 0 Å². The van der Waals surface area contributed by atoms with Crippen LogP contribution in [0.15, 0.2) is 23.1 Å². The highest BCUT2D eigenvalue weighted by Crippen LogP contribution is 2.25. The van der Waals surface area contributed by atoms with Gasteiger partial charge in [0.15, 0.2) is 9.84 Å². The summed E-state index contributed by atoms with van der Waals surface area (Å²) in [6.45, 7) is 1.98. The number of nitrogens with one attached hydrogen (secondary N) is 1. The maximum absolute atomic E-state index is 11.6. The van der Waals surface area contributed by atoms with Crippen molar-refractivity contribution in [2.45, 2.75) is 49.6 Å². The van der Waals surface area contributed by atoms with Crippen LogP contribution in [-0.4, -0.2) is 26.8 Å². The van der Waals surface area contributed by atoms with Crippen LogP contribution >= 0.6 is 0 Å². The first-order valence-electron chi connectivity index (χ1n) is 6.69. The third kappa shape index (κ3) is 3.70. The summed E-state index contributed by atoms with van der Waals surface area (Å²) in [5, 5.41) is 3.45. The Bertz CT molecular complexity index is 555. The van der Waals surface area contributed by atoms with Gasteiger partial charge < -0.3 is 11.1 Å². The number of sulfone groups is 1. The van der Waals surface area contributed by atoms with Gasteiger partial charge in [-0.15, -0.1) is 0 Å². The van der Waals surface area contributed by atoms with Crippen LogP contribution in [0.1, 0.15) is 31.2 Å². The summed E-state index contributed by atoms with van der Waals surface area (Å²) >= 11 is 0. The Labute approximate surface area is 115 Å². The lowest BCUT2D eigenvalue weighted by molar-refractivity contribution is 0.409. The summed E-state index contributed by atoms with van der Waals surface area (Å²) < 4.78 is 23.2. The first-order valence-corrected chi connectivity index (χ1v) is 8.58. The third-order valence-electron chi connectivity index (χ3n) is 3.71. The molecule has 1 aliphatic rings. The fourth-order valence-corrected chi connectivity index (χ4v) is 3.21. The third-order valence-corrected chi connectivity index (χ3v) is 4.82. The van der Waals surface area contributed by atoms with Gasteiger partial charge in [0.05, 0.1) is 4.90 Å². The minimum atomic E-state index is -3.16. The minimum absolute atomic E-state index is 0.254. The quantitative estimate of drug-likeness (QED) is 0.890. The zero-order chi connectivity index (χ0) is 14.0. The standard InChI is InChI=1S/C14H22N2O2S/c1-10-6-7-13(19(2,17)18)9-14(10)16-12-5-3-4-11(15)8-12/h6-7,9,11-12,16H,3-5,8,15H2,1-2H3. The molecule has 1 aliphatic carbocycles. The summed E-state index contributed by atoms with van der Waals surface area (Å²) in [5.74, 6) is 0. The maximum atomic E-state index is 11.6. The van der Waals surface area contributed by atoms with Gasteiger partial charge in [0.25, 0.3) is 0 Å². The second-order valence-electron chi connectivity index (χ2n) is 5.52. The first kappa shape index (κ1) is 14.3. The highest BCUT2D eigenvalue weighted by molar-refractivity contribution is 7.90. The second kappa shape index (κ2) is 5.51. The van der Waals surface area contributed by atoms with Crippen LogP contribution in [0.3, 0.4) is 0 Å². The molecule has 3 N–H and O–H groups in total. The Kier molecular flexibility index (Phi) is 4.16. The van der Waals surface area contributed by atoms with E-state index in [1.165, 1.54) is 6.26 Å². The number of hydrogen-bond donors (Lipinski definition) is 2. The van der Waals surface area contributed by atoms with E-state index in [-0.39, 0.29) is 6.04 Å². The van der Waals surface area contributed by atoms with Crippen molar-refractivity contribution in [2.75, 3.05) is 11.6 Å². The van der Waals surface area contributed by atoms with Gasteiger partial charge in [-0.05, 0) is 50.3 Å². The average Bonchev–Trinajstić information content (AvgIpc) is 2.30. The molecule has 1 fully saturated rings. The molecular weight excluding hydrogens is 260 g/mol. The van der Waals surface area contributed by atoms with Gasteiger partial charge in [0.2, 0.25) is 0 Å². The molecule has 0 radical (unpaired) electrons. The molecule has 0 heterocycles. The largest absolute Gasteiger partial charge is 0.382 e. The maximum Gasteiger partial charge on any atom is 0.175 e. The lowest BCUT2D eigenvalue weighted by atomic mass is 9.91. The van der Waals surface area contributed by atoms with Gasteiger partial charge >= 0.3 is 0 Å². The second-order valence-corrected chi connectivity index (χ2v) is 7.53. The number of anilines is 1. The Balaban J connectivity index is 2.19. The molecule has 0 aromatic heterocycles. The predicted octanol–water partition coefficient (Wildman–Crippen LogP) is 2.08. The highest BCUT2D eigenvalue weighted by atomic mass is 32.2. The number of benzene rings is 1. The van der Waals surface area contributed by atoms with E-state index in [1.54, 1.807) is 12.1 Å². The molecule has 0 amide bonds. The summed E-state index contributed by atoms with van der Waals surface area (Å²) in [4.78, 5) is 0.362. The zero-order valence-electron chi connectivity index (χ0n) is 11.5. The summed E-state index contributed by atoms with van der Waals surface area (Å²) in [6, 6.07) is 5.83. The lowest BCUT2D eigenvalue weighted by Gasteiger charge is -2.28. The van der Waals surface area contributed by atoms with Gasteiger partial charge in [0.1, 0.15) is 0 Å². The van der Waals surface area contributed by atoms with E-state index in [4.69, 9.17) is 5.73 Å². The Morgan fingerprint density at radius 2 is 2.05 bits per heavy atom. The molecule has 1 aromatic rings. The fraction of sp³-hybridized carbons (Fsp3) is 0.571. The molecule has 4 nitrogen and oxygen atoms in total. The van der Waals surface area contributed by atoms with Crippen molar-refractivity contribution in [1.82, 2.24) is 0 Å². The topological polar surface area (TPSA) is 72.2 Å². The van der Waals surface area contributed by atoms with Crippen LogP contribution < -0.4 is 11.1 Å². The Hall–Kier alpha value is -1.07. The molecule has 1 saturated carbocycles. The molecule has 0 saturated heterocycles. The lowest BCUT2D eigenvalue weighted by Crippen LogP contribution is -2.35. The van der Waals surface area contributed by atoms with Crippen LogP contribution in [0.2, 0.25) is 0 Å². The molecule has 1 aromatic carbocycles.